The second-order valence-electron chi connectivity index (χ2n) is 3.36. The number of imidazole rings is 1. The highest BCUT2D eigenvalue weighted by Crippen LogP contribution is 2.03. The molecular weight excluding hydrogens is 206 g/mol. The molecule has 1 N–H and O–H groups in total. The van der Waals surface area contributed by atoms with Crippen LogP contribution in [-0.2, 0) is 12.3 Å². The summed E-state index contributed by atoms with van der Waals surface area (Å²) in [5.74, 6) is 3.44. The van der Waals surface area contributed by atoms with Crippen LogP contribution in [0.15, 0.2) is 12.4 Å². The Morgan fingerprint density at radius 1 is 1.53 bits per heavy atom. The number of aryl methyl sites for hydroxylation is 1. The van der Waals surface area contributed by atoms with Crippen LogP contribution in [-0.4, -0.2) is 10.7 Å². The van der Waals surface area contributed by atoms with Crippen molar-refractivity contribution in [2.45, 2.75) is 38.5 Å². The Labute approximate surface area is 95.5 Å². The summed E-state index contributed by atoms with van der Waals surface area (Å²) in [6.07, 6.45) is 7.86. The van der Waals surface area contributed by atoms with Crippen molar-refractivity contribution in [3.63, 3.8) is 0 Å². The number of nitriles is 1. The molecule has 1 heterocycles. The zero-order chi connectivity index (χ0) is 10.9. The first-order valence-electron chi connectivity index (χ1n) is 5.39. The van der Waals surface area contributed by atoms with Gasteiger partial charge in [0.2, 0.25) is 0 Å². The van der Waals surface area contributed by atoms with Gasteiger partial charge in [0.05, 0.1) is 6.07 Å². The minimum Gasteiger partial charge on any atom is -0.248 e. The maximum absolute atomic E-state index is 8.43. The second kappa shape index (κ2) is 7.36. The van der Waals surface area contributed by atoms with E-state index in [1.165, 1.54) is 5.82 Å². The van der Waals surface area contributed by atoms with E-state index < -0.39 is 0 Å². The number of hydrogen-bond donors (Lipinski definition) is 1. The average molecular weight is 224 g/mol. The lowest BCUT2D eigenvalue weighted by Gasteiger charge is -1.98. The van der Waals surface area contributed by atoms with Gasteiger partial charge in [-0.05, 0) is 18.6 Å². The number of nitrogens with zero attached hydrogens (tertiary/aromatic N) is 2. The summed E-state index contributed by atoms with van der Waals surface area (Å²) in [4.78, 5) is 3.26. The molecule has 3 nitrogen and oxygen atoms in total. The van der Waals surface area contributed by atoms with Crippen molar-refractivity contribution < 1.29 is 4.57 Å². The number of H-pyrrole nitrogens is 1. The monoisotopic (exact) mass is 224 g/mol. The molecule has 0 aliphatic heterocycles. The Hall–Kier alpha value is -0.950. The zero-order valence-electron chi connectivity index (χ0n) is 9.20. The number of aromatic amines is 1. The number of hydrogen-bond acceptors (Lipinski definition) is 2. The van der Waals surface area contributed by atoms with E-state index in [2.05, 4.69) is 28.7 Å². The molecule has 0 aliphatic carbocycles. The van der Waals surface area contributed by atoms with Gasteiger partial charge in [-0.2, -0.15) is 5.26 Å². The van der Waals surface area contributed by atoms with E-state index in [9.17, 15) is 0 Å². The van der Waals surface area contributed by atoms with Crippen LogP contribution >= 0.6 is 11.8 Å². The van der Waals surface area contributed by atoms with Crippen LogP contribution < -0.4 is 4.57 Å². The summed E-state index contributed by atoms with van der Waals surface area (Å²) >= 11 is 1.91. The molecule has 4 heteroatoms. The van der Waals surface area contributed by atoms with Crippen molar-refractivity contribution in [1.82, 2.24) is 4.98 Å². The van der Waals surface area contributed by atoms with Crippen molar-refractivity contribution in [2.24, 2.45) is 0 Å². The minimum atomic E-state index is 0.671. The van der Waals surface area contributed by atoms with E-state index in [0.717, 1.165) is 30.9 Å². The molecule has 0 spiro atoms. The van der Waals surface area contributed by atoms with Crippen molar-refractivity contribution in [3.8, 4) is 6.07 Å². The summed E-state index contributed by atoms with van der Waals surface area (Å²) in [7, 11) is 0. The van der Waals surface area contributed by atoms with Crippen molar-refractivity contribution in [3.05, 3.63) is 18.2 Å². The molecule has 1 aromatic rings. The van der Waals surface area contributed by atoms with Gasteiger partial charge >= 0.3 is 0 Å². The van der Waals surface area contributed by atoms with E-state index in [4.69, 9.17) is 5.26 Å². The molecule has 0 saturated carbocycles. The molecule has 0 bridgehead atoms. The highest BCUT2D eigenvalue weighted by molar-refractivity contribution is 7.98. The van der Waals surface area contributed by atoms with Gasteiger partial charge in [0.1, 0.15) is 18.3 Å². The number of rotatable bonds is 7. The van der Waals surface area contributed by atoms with Gasteiger partial charge in [0, 0.05) is 12.8 Å². The van der Waals surface area contributed by atoms with Crippen molar-refractivity contribution in [2.75, 3.05) is 5.75 Å². The Bertz CT molecular complexity index is 314. The summed E-state index contributed by atoms with van der Waals surface area (Å²) in [5.41, 5.74) is 0. The van der Waals surface area contributed by atoms with Crippen LogP contribution in [0.25, 0.3) is 0 Å². The number of nitrogens with one attached hydrogen (secondary N) is 1. The average Bonchev–Trinajstić information content (AvgIpc) is 2.69. The quantitative estimate of drug-likeness (QED) is 0.570. The lowest BCUT2D eigenvalue weighted by atomic mass is 10.2. The third kappa shape index (κ3) is 4.39. The summed E-state index contributed by atoms with van der Waals surface area (Å²) in [6, 6.07) is 2.18. The van der Waals surface area contributed by atoms with Gasteiger partial charge in [0.25, 0.3) is 5.82 Å². The lowest BCUT2D eigenvalue weighted by Crippen LogP contribution is -2.34. The van der Waals surface area contributed by atoms with Gasteiger partial charge in [-0.1, -0.05) is 6.92 Å². The highest BCUT2D eigenvalue weighted by atomic mass is 32.2. The second-order valence-corrected chi connectivity index (χ2v) is 4.61. The van der Waals surface area contributed by atoms with Gasteiger partial charge in [-0.3, -0.25) is 0 Å². The Morgan fingerprint density at radius 3 is 3.13 bits per heavy atom. The molecule has 0 atom stereocenters. The molecular formula is C11H18N3S+. The normalized spacial score (nSPS) is 10.1. The maximum Gasteiger partial charge on any atom is 0.254 e. The minimum absolute atomic E-state index is 0.671. The standard InChI is InChI=1S/C11H17N3S/c1-2-15-10-14-9-8-13-11(14)6-4-3-5-7-12/h8-9H,2-6,10H2,1H3/p+1. The Morgan fingerprint density at radius 2 is 2.40 bits per heavy atom. The first-order chi connectivity index (χ1) is 7.38. The van der Waals surface area contributed by atoms with E-state index in [1.54, 1.807) is 0 Å². The summed E-state index contributed by atoms with van der Waals surface area (Å²) < 4.78 is 2.25. The lowest BCUT2D eigenvalue weighted by molar-refractivity contribution is -0.682. The fourth-order valence-electron chi connectivity index (χ4n) is 1.42. The van der Waals surface area contributed by atoms with Gasteiger partial charge in [-0.15, -0.1) is 11.8 Å². The molecule has 0 aromatic carbocycles. The Balaban J connectivity index is 2.33. The van der Waals surface area contributed by atoms with Crippen molar-refractivity contribution in [1.29, 1.82) is 5.26 Å². The molecule has 0 radical (unpaired) electrons. The largest absolute Gasteiger partial charge is 0.254 e. The molecule has 0 amide bonds. The van der Waals surface area contributed by atoms with Crippen LogP contribution in [0.1, 0.15) is 32.0 Å². The molecule has 1 aromatic heterocycles. The van der Waals surface area contributed by atoms with E-state index in [1.807, 2.05) is 18.0 Å². The first kappa shape index (κ1) is 12.1. The fraction of sp³-hybridized carbons (Fsp3) is 0.636. The van der Waals surface area contributed by atoms with E-state index in [0.29, 0.717) is 6.42 Å². The topological polar surface area (TPSA) is 43.5 Å². The number of unbranched alkanes of at least 4 members (excludes halogenated alkanes) is 2. The molecule has 0 saturated heterocycles. The number of aromatic nitrogens is 2. The Kier molecular flexibility index (Phi) is 5.94. The van der Waals surface area contributed by atoms with Crippen molar-refractivity contribution >= 4 is 11.8 Å². The summed E-state index contributed by atoms with van der Waals surface area (Å²) in [6.45, 7) is 2.17. The number of thioether (sulfide) groups is 1. The molecule has 82 valence electrons. The summed E-state index contributed by atoms with van der Waals surface area (Å²) in [5, 5.41) is 8.43. The smallest absolute Gasteiger partial charge is 0.248 e. The van der Waals surface area contributed by atoms with Crippen LogP contribution in [0.3, 0.4) is 0 Å². The molecule has 0 fully saturated rings. The predicted octanol–water partition coefficient (Wildman–Crippen LogP) is 2.25. The van der Waals surface area contributed by atoms with E-state index in [-0.39, 0.29) is 0 Å². The van der Waals surface area contributed by atoms with Gasteiger partial charge in [0.15, 0.2) is 0 Å². The van der Waals surface area contributed by atoms with Gasteiger partial charge < -0.3 is 0 Å². The maximum atomic E-state index is 8.43. The zero-order valence-corrected chi connectivity index (χ0v) is 10.0. The third-order valence-electron chi connectivity index (χ3n) is 2.24. The van der Waals surface area contributed by atoms with Crippen LogP contribution in [0, 0.1) is 11.3 Å². The first-order valence-corrected chi connectivity index (χ1v) is 6.54. The van der Waals surface area contributed by atoms with Crippen LogP contribution in [0.2, 0.25) is 0 Å². The molecule has 1 rings (SSSR count). The SMILES string of the molecule is CCSC[n+]1cc[nH]c1CCCCC#N. The van der Waals surface area contributed by atoms with Crippen LogP contribution in [0.4, 0.5) is 0 Å². The molecule has 0 aliphatic rings. The van der Waals surface area contributed by atoms with Gasteiger partial charge in [-0.25, -0.2) is 9.55 Å². The van der Waals surface area contributed by atoms with Crippen LogP contribution in [0.5, 0.6) is 0 Å². The van der Waals surface area contributed by atoms with E-state index >= 15 is 0 Å². The highest BCUT2D eigenvalue weighted by Gasteiger charge is 2.08. The fourth-order valence-corrected chi connectivity index (χ4v) is 2.04. The molecule has 0 unspecified atom stereocenters. The molecule has 15 heavy (non-hydrogen) atoms. The third-order valence-corrected chi connectivity index (χ3v) is 3.11. The predicted molar refractivity (Wildman–Crippen MR) is 62.3 cm³/mol.